The molecular formula is C17H25N3O2. The van der Waals surface area contributed by atoms with Crippen LogP contribution < -0.4 is 5.32 Å². The van der Waals surface area contributed by atoms with Gasteiger partial charge in [0.05, 0.1) is 6.04 Å². The molecule has 2 rings (SSSR count). The molecular weight excluding hydrogens is 278 g/mol. The first kappa shape index (κ1) is 16.5. The first-order chi connectivity index (χ1) is 10.4. The van der Waals surface area contributed by atoms with E-state index in [2.05, 4.69) is 24.1 Å². The molecule has 1 aliphatic heterocycles. The Bertz CT molecular complexity index is 557. The van der Waals surface area contributed by atoms with E-state index in [-0.39, 0.29) is 17.9 Å². The molecule has 1 atom stereocenters. The lowest BCUT2D eigenvalue weighted by molar-refractivity contribution is -0.134. The fraction of sp³-hybridized carbons (Fsp3) is 0.529. The molecule has 1 aromatic carbocycles. The van der Waals surface area contributed by atoms with Crippen LogP contribution in [0.4, 0.5) is 0 Å². The van der Waals surface area contributed by atoms with Crippen molar-refractivity contribution in [2.24, 2.45) is 0 Å². The van der Waals surface area contributed by atoms with Crippen LogP contribution in [0.5, 0.6) is 0 Å². The van der Waals surface area contributed by atoms with Crippen LogP contribution in [-0.4, -0.2) is 54.3 Å². The molecule has 120 valence electrons. The Hall–Kier alpha value is -1.88. The molecule has 1 fully saturated rings. The van der Waals surface area contributed by atoms with E-state index in [4.69, 9.17) is 0 Å². The Morgan fingerprint density at radius 1 is 1.27 bits per heavy atom. The second-order valence-electron chi connectivity index (χ2n) is 6.02. The summed E-state index contributed by atoms with van der Waals surface area (Å²) in [5.74, 6) is -0.0218. The van der Waals surface area contributed by atoms with E-state index in [0.717, 1.165) is 25.2 Å². The van der Waals surface area contributed by atoms with Crippen molar-refractivity contribution < 1.29 is 9.59 Å². The summed E-state index contributed by atoms with van der Waals surface area (Å²) >= 11 is 0. The molecule has 1 saturated heterocycles. The minimum atomic E-state index is -0.104. The van der Waals surface area contributed by atoms with Crippen LogP contribution in [0.25, 0.3) is 0 Å². The van der Waals surface area contributed by atoms with Crippen molar-refractivity contribution in [2.75, 3.05) is 26.7 Å². The number of nitrogens with one attached hydrogen (secondary N) is 1. The van der Waals surface area contributed by atoms with Crippen molar-refractivity contribution in [2.45, 2.75) is 32.9 Å². The third-order valence-corrected chi connectivity index (χ3v) is 4.31. The van der Waals surface area contributed by atoms with Gasteiger partial charge in [0.2, 0.25) is 5.91 Å². The van der Waals surface area contributed by atoms with Crippen LogP contribution in [0.2, 0.25) is 0 Å². The van der Waals surface area contributed by atoms with E-state index in [1.165, 1.54) is 0 Å². The Balaban J connectivity index is 2.32. The summed E-state index contributed by atoms with van der Waals surface area (Å²) < 4.78 is 0. The molecule has 0 saturated carbocycles. The van der Waals surface area contributed by atoms with Crippen molar-refractivity contribution >= 4 is 11.8 Å². The number of piperazine rings is 1. The van der Waals surface area contributed by atoms with Crippen LogP contribution in [0.3, 0.4) is 0 Å². The van der Waals surface area contributed by atoms with E-state index < -0.39 is 0 Å². The van der Waals surface area contributed by atoms with Gasteiger partial charge in [-0.2, -0.15) is 0 Å². The standard InChI is InChI=1S/C17H25N3O2/c1-12(2)19-8-9-20(13(3)21)16(11-19)14-6-5-7-15(10-14)17(22)18-4/h5-7,10,12,16H,8-9,11H2,1-4H3,(H,18,22). The van der Waals surface area contributed by atoms with Crippen molar-refractivity contribution in [3.63, 3.8) is 0 Å². The molecule has 1 aliphatic rings. The third-order valence-electron chi connectivity index (χ3n) is 4.31. The van der Waals surface area contributed by atoms with Gasteiger partial charge in [-0.15, -0.1) is 0 Å². The van der Waals surface area contributed by atoms with Gasteiger partial charge in [-0.05, 0) is 31.5 Å². The minimum absolute atomic E-state index is 0.00161. The van der Waals surface area contributed by atoms with Crippen molar-refractivity contribution in [3.05, 3.63) is 35.4 Å². The Morgan fingerprint density at radius 3 is 2.59 bits per heavy atom. The Labute approximate surface area is 132 Å². The summed E-state index contributed by atoms with van der Waals surface area (Å²) in [6, 6.07) is 8.01. The lowest BCUT2D eigenvalue weighted by Gasteiger charge is -2.43. The Morgan fingerprint density at radius 2 is 2.00 bits per heavy atom. The number of carbonyl (C=O) groups excluding carboxylic acids is 2. The number of hydrogen-bond acceptors (Lipinski definition) is 3. The van der Waals surface area contributed by atoms with Gasteiger partial charge >= 0.3 is 0 Å². The topological polar surface area (TPSA) is 52.7 Å². The number of nitrogens with zero attached hydrogens (tertiary/aromatic N) is 2. The predicted molar refractivity (Wildman–Crippen MR) is 86.7 cm³/mol. The zero-order valence-corrected chi connectivity index (χ0v) is 13.8. The van der Waals surface area contributed by atoms with Crippen LogP contribution >= 0.6 is 0 Å². The highest BCUT2D eigenvalue weighted by atomic mass is 16.2. The molecule has 5 heteroatoms. The zero-order chi connectivity index (χ0) is 16.3. The normalized spacial score (nSPS) is 19.3. The molecule has 0 radical (unpaired) electrons. The van der Waals surface area contributed by atoms with E-state index in [1.54, 1.807) is 20.0 Å². The maximum absolute atomic E-state index is 12.0. The Kier molecular flexibility index (Phi) is 5.19. The highest BCUT2D eigenvalue weighted by Crippen LogP contribution is 2.27. The van der Waals surface area contributed by atoms with E-state index in [9.17, 15) is 9.59 Å². The van der Waals surface area contributed by atoms with Crippen LogP contribution in [0.15, 0.2) is 24.3 Å². The number of rotatable bonds is 3. The summed E-state index contributed by atoms with van der Waals surface area (Å²) in [5, 5.41) is 2.64. The molecule has 0 aliphatic carbocycles. The molecule has 1 N–H and O–H groups in total. The minimum Gasteiger partial charge on any atom is -0.355 e. The predicted octanol–water partition coefficient (Wildman–Crippen LogP) is 1.66. The second kappa shape index (κ2) is 6.92. The molecule has 5 nitrogen and oxygen atoms in total. The van der Waals surface area contributed by atoms with Gasteiger partial charge < -0.3 is 10.2 Å². The quantitative estimate of drug-likeness (QED) is 0.924. The van der Waals surface area contributed by atoms with E-state index in [1.807, 2.05) is 23.1 Å². The summed E-state index contributed by atoms with van der Waals surface area (Å²) in [5.41, 5.74) is 1.65. The fourth-order valence-electron chi connectivity index (χ4n) is 2.97. The highest BCUT2D eigenvalue weighted by molar-refractivity contribution is 5.94. The summed E-state index contributed by atoms with van der Waals surface area (Å²) in [6.07, 6.45) is 0. The molecule has 1 heterocycles. The monoisotopic (exact) mass is 303 g/mol. The van der Waals surface area contributed by atoms with Crippen molar-refractivity contribution in [1.29, 1.82) is 0 Å². The lowest BCUT2D eigenvalue weighted by atomic mass is 9.99. The number of benzene rings is 1. The number of hydrogen-bond donors (Lipinski definition) is 1. The van der Waals surface area contributed by atoms with E-state index >= 15 is 0 Å². The number of carbonyl (C=O) groups is 2. The first-order valence-corrected chi connectivity index (χ1v) is 7.77. The maximum Gasteiger partial charge on any atom is 0.251 e. The summed E-state index contributed by atoms with van der Waals surface area (Å²) in [4.78, 5) is 28.1. The molecule has 2 amide bonds. The van der Waals surface area contributed by atoms with Gasteiger partial charge in [0.25, 0.3) is 5.91 Å². The first-order valence-electron chi connectivity index (χ1n) is 7.77. The van der Waals surface area contributed by atoms with Gasteiger partial charge in [-0.3, -0.25) is 14.5 Å². The largest absolute Gasteiger partial charge is 0.355 e. The van der Waals surface area contributed by atoms with Gasteiger partial charge in [0.15, 0.2) is 0 Å². The average molecular weight is 303 g/mol. The lowest BCUT2D eigenvalue weighted by Crippen LogP contribution is -2.52. The average Bonchev–Trinajstić information content (AvgIpc) is 2.53. The summed E-state index contributed by atoms with van der Waals surface area (Å²) in [7, 11) is 1.62. The molecule has 0 spiro atoms. The van der Waals surface area contributed by atoms with Crippen molar-refractivity contribution in [1.82, 2.24) is 15.1 Å². The highest BCUT2D eigenvalue weighted by Gasteiger charge is 2.31. The molecule has 0 bridgehead atoms. The molecule has 22 heavy (non-hydrogen) atoms. The fourth-order valence-corrected chi connectivity index (χ4v) is 2.97. The van der Waals surface area contributed by atoms with Crippen molar-refractivity contribution in [3.8, 4) is 0 Å². The summed E-state index contributed by atoms with van der Waals surface area (Å²) in [6.45, 7) is 8.36. The van der Waals surface area contributed by atoms with Gasteiger partial charge in [-0.25, -0.2) is 0 Å². The van der Waals surface area contributed by atoms with Gasteiger partial charge in [0.1, 0.15) is 0 Å². The third kappa shape index (κ3) is 3.47. The zero-order valence-electron chi connectivity index (χ0n) is 13.8. The molecule has 0 aromatic heterocycles. The molecule has 1 unspecified atom stereocenters. The van der Waals surface area contributed by atoms with E-state index in [0.29, 0.717) is 11.6 Å². The SMILES string of the molecule is CNC(=O)c1cccc(C2CN(C(C)C)CCN2C(C)=O)c1. The smallest absolute Gasteiger partial charge is 0.251 e. The van der Waals surface area contributed by atoms with Gasteiger partial charge in [0, 0.05) is 45.2 Å². The van der Waals surface area contributed by atoms with Crippen LogP contribution in [0.1, 0.15) is 42.7 Å². The van der Waals surface area contributed by atoms with Crippen LogP contribution in [-0.2, 0) is 4.79 Å². The second-order valence-corrected chi connectivity index (χ2v) is 6.02. The number of amides is 2. The molecule has 1 aromatic rings. The maximum atomic E-state index is 12.0. The van der Waals surface area contributed by atoms with Gasteiger partial charge in [-0.1, -0.05) is 12.1 Å². The van der Waals surface area contributed by atoms with Crippen LogP contribution in [0, 0.1) is 0 Å².